The largest absolute Gasteiger partial charge is 0.294 e. The van der Waals surface area contributed by atoms with E-state index in [1.54, 1.807) is 0 Å². The smallest absolute Gasteiger partial charge is 0.282 e. The number of hydrogen-bond donors (Lipinski definition) is 1. The molecule has 5 nitrogen and oxygen atoms in total. The maximum absolute atomic E-state index is 10.7. The molecule has 0 atom stereocenters. The van der Waals surface area contributed by atoms with Gasteiger partial charge in [-0.3, -0.25) is 4.55 Å². The standard InChI is InChI=1S/C6H4N2O3S2/c9-13(10,11)4-1-2-5-6(3-4)8-12-7-5/h1-3H,(H,9,10,11). The Bertz CT molecular complexity index is 546. The first-order chi connectivity index (χ1) is 6.07. The van der Waals surface area contributed by atoms with Crippen LogP contribution in [0.25, 0.3) is 11.0 Å². The van der Waals surface area contributed by atoms with Gasteiger partial charge in [0.15, 0.2) is 0 Å². The van der Waals surface area contributed by atoms with Gasteiger partial charge >= 0.3 is 0 Å². The van der Waals surface area contributed by atoms with Crippen LogP contribution in [0.2, 0.25) is 0 Å². The molecule has 0 saturated heterocycles. The predicted molar refractivity (Wildman–Crippen MR) is 47.2 cm³/mol. The second-order valence-electron chi connectivity index (χ2n) is 2.39. The van der Waals surface area contributed by atoms with E-state index >= 15 is 0 Å². The predicted octanol–water partition coefficient (Wildman–Crippen LogP) is 0.938. The fourth-order valence-corrected chi connectivity index (χ4v) is 1.94. The molecule has 68 valence electrons. The summed E-state index contributed by atoms with van der Waals surface area (Å²) >= 11 is 0.996. The Hall–Kier alpha value is -1.05. The van der Waals surface area contributed by atoms with Crippen molar-refractivity contribution in [2.75, 3.05) is 0 Å². The third-order valence-corrected chi connectivity index (χ3v) is 2.93. The second-order valence-corrected chi connectivity index (χ2v) is 4.34. The Balaban J connectivity index is 2.75. The Labute approximate surface area is 78.1 Å². The lowest BCUT2D eigenvalue weighted by atomic mass is 10.3. The monoisotopic (exact) mass is 216 g/mol. The molecule has 0 aliphatic rings. The van der Waals surface area contributed by atoms with Crippen LogP contribution in [-0.2, 0) is 10.1 Å². The summed E-state index contributed by atoms with van der Waals surface area (Å²) in [6.45, 7) is 0. The molecule has 1 aromatic carbocycles. The second kappa shape index (κ2) is 2.72. The summed E-state index contributed by atoms with van der Waals surface area (Å²) in [5, 5.41) is 0. The number of rotatable bonds is 1. The van der Waals surface area contributed by atoms with Crippen molar-refractivity contribution >= 4 is 32.9 Å². The van der Waals surface area contributed by atoms with Crippen molar-refractivity contribution in [3.63, 3.8) is 0 Å². The van der Waals surface area contributed by atoms with E-state index in [4.69, 9.17) is 4.55 Å². The van der Waals surface area contributed by atoms with Gasteiger partial charge in [0.05, 0.1) is 16.6 Å². The van der Waals surface area contributed by atoms with Crippen molar-refractivity contribution in [2.45, 2.75) is 4.90 Å². The third-order valence-electron chi connectivity index (χ3n) is 1.52. The Morgan fingerprint density at radius 2 is 1.92 bits per heavy atom. The van der Waals surface area contributed by atoms with E-state index in [0.29, 0.717) is 11.0 Å². The molecule has 2 rings (SSSR count). The van der Waals surface area contributed by atoms with E-state index in [2.05, 4.69) is 8.75 Å². The number of aromatic nitrogens is 2. The third kappa shape index (κ3) is 1.53. The fraction of sp³-hybridized carbons (Fsp3) is 0. The van der Waals surface area contributed by atoms with Crippen LogP contribution in [0.5, 0.6) is 0 Å². The SMILES string of the molecule is O=S(=O)(O)c1ccc2nsnc2c1. The van der Waals surface area contributed by atoms with Crippen LogP contribution in [0.15, 0.2) is 23.1 Å². The number of nitrogens with zero attached hydrogens (tertiary/aromatic N) is 2. The molecule has 1 heterocycles. The van der Waals surface area contributed by atoms with Gasteiger partial charge in [-0.15, -0.1) is 0 Å². The molecule has 0 aliphatic heterocycles. The van der Waals surface area contributed by atoms with Crippen molar-refractivity contribution in [3.05, 3.63) is 18.2 Å². The number of hydrogen-bond acceptors (Lipinski definition) is 5. The first kappa shape index (κ1) is 8.54. The van der Waals surface area contributed by atoms with Crippen LogP contribution in [0.1, 0.15) is 0 Å². The molecule has 0 radical (unpaired) electrons. The van der Waals surface area contributed by atoms with Crippen molar-refractivity contribution in [2.24, 2.45) is 0 Å². The van der Waals surface area contributed by atoms with E-state index in [1.165, 1.54) is 18.2 Å². The van der Waals surface area contributed by atoms with Gasteiger partial charge in [-0.25, -0.2) is 0 Å². The molecule has 0 saturated carbocycles. The maximum atomic E-state index is 10.7. The van der Waals surface area contributed by atoms with Gasteiger partial charge in [0.2, 0.25) is 0 Å². The van der Waals surface area contributed by atoms with Gasteiger partial charge in [0.1, 0.15) is 11.0 Å². The first-order valence-corrected chi connectivity index (χ1v) is 5.44. The van der Waals surface area contributed by atoms with E-state index in [1.807, 2.05) is 0 Å². The van der Waals surface area contributed by atoms with Crippen LogP contribution < -0.4 is 0 Å². The van der Waals surface area contributed by atoms with Crippen molar-refractivity contribution in [1.29, 1.82) is 0 Å². The van der Waals surface area contributed by atoms with Crippen LogP contribution in [0.3, 0.4) is 0 Å². The lowest BCUT2D eigenvalue weighted by molar-refractivity contribution is 0.483. The Morgan fingerprint density at radius 1 is 1.23 bits per heavy atom. The molecule has 0 unspecified atom stereocenters. The molecular weight excluding hydrogens is 212 g/mol. The molecule has 0 spiro atoms. The number of fused-ring (bicyclic) bond motifs is 1. The normalized spacial score (nSPS) is 12.1. The minimum absolute atomic E-state index is 0.160. The Kier molecular flexibility index (Phi) is 1.79. The van der Waals surface area contributed by atoms with Gasteiger partial charge in [-0.1, -0.05) is 0 Å². The molecule has 0 aliphatic carbocycles. The summed E-state index contributed by atoms with van der Waals surface area (Å²) in [4.78, 5) is -0.160. The highest BCUT2D eigenvalue weighted by Crippen LogP contribution is 2.16. The zero-order chi connectivity index (χ0) is 9.47. The van der Waals surface area contributed by atoms with E-state index in [9.17, 15) is 8.42 Å². The molecule has 0 amide bonds. The molecule has 7 heteroatoms. The summed E-state index contributed by atoms with van der Waals surface area (Å²) in [5.74, 6) is 0. The average molecular weight is 216 g/mol. The minimum atomic E-state index is -4.14. The Morgan fingerprint density at radius 3 is 2.62 bits per heavy atom. The molecular formula is C6H4N2O3S2. The highest BCUT2D eigenvalue weighted by atomic mass is 32.2. The number of benzene rings is 1. The zero-order valence-corrected chi connectivity index (χ0v) is 7.84. The zero-order valence-electron chi connectivity index (χ0n) is 6.21. The summed E-state index contributed by atoms with van der Waals surface area (Å²) in [6, 6.07) is 4.08. The highest BCUT2D eigenvalue weighted by Gasteiger charge is 2.10. The molecule has 0 bridgehead atoms. The van der Waals surface area contributed by atoms with Crippen LogP contribution >= 0.6 is 11.7 Å². The van der Waals surface area contributed by atoms with Crippen LogP contribution in [-0.4, -0.2) is 21.7 Å². The molecule has 1 aromatic heterocycles. The van der Waals surface area contributed by atoms with Crippen molar-refractivity contribution < 1.29 is 13.0 Å². The fourth-order valence-electron chi connectivity index (χ4n) is 0.922. The van der Waals surface area contributed by atoms with E-state index < -0.39 is 10.1 Å². The summed E-state index contributed by atoms with van der Waals surface area (Å²) in [6.07, 6.45) is 0. The van der Waals surface area contributed by atoms with Gasteiger partial charge in [-0.2, -0.15) is 17.2 Å². The minimum Gasteiger partial charge on any atom is -0.282 e. The lowest BCUT2D eigenvalue weighted by Gasteiger charge is -1.94. The average Bonchev–Trinajstić information content (AvgIpc) is 2.47. The van der Waals surface area contributed by atoms with Gasteiger partial charge in [-0.05, 0) is 18.2 Å². The van der Waals surface area contributed by atoms with Gasteiger partial charge < -0.3 is 0 Å². The molecule has 13 heavy (non-hydrogen) atoms. The van der Waals surface area contributed by atoms with E-state index in [0.717, 1.165) is 11.7 Å². The summed E-state index contributed by atoms with van der Waals surface area (Å²) in [5.41, 5.74) is 1.09. The van der Waals surface area contributed by atoms with Crippen LogP contribution in [0.4, 0.5) is 0 Å². The quantitative estimate of drug-likeness (QED) is 0.717. The molecule has 0 fully saturated rings. The summed E-state index contributed by atoms with van der Waals surface area (Å²) < 4.78 is 37.9. The van der Waals surface area contributed by atoms with Crippen molar-refractivity contribution in [1.82, 2.24) is 8.75 Å². The van der Waals surface area contributed by atoms with Gasteiger partial charge in [0, 0.05) is 0 Å². The van der Waals surface area contributed by atoms with Crippen molar-refractivity contribution in [3.8, 4) is 0 Å². The topological polar surface area (TPSA) is 80.2 Å². The molecule has 1 N–H and O–H groups in total. The summed E-state index contributed by atoms with van der Waals surface area (Å²) in [7, 11) is -4.14. The van der Waals surface area contributed by atoms with E-state index in [-0.39, 0.29) is 4.90 Å². The van der Waals surface area contributed by atoms with Gasteiger partial charge in [0.25, 0.3) is 10.1 Å². The highest BCUT2D eigenvalue weighted by molar-refractivity contribution is 7.85. The lowest BCUT2D eigenvalue weighted by Crippen LogP contribution is -1.97. The maximum Gasteiger partial charge on any atom is 0.294 e. The first-order valence-electron chi connectivity index (χ1n) is 3.27. The van der Waals surface area contributed by atoms with Crippen LogP contribution in [0, 0.1) is 0 Å². The molecule has 2 aromatic rings.